The molecular weight excluding hydrogens is 438 g/mol. The van der Waals surface area contributed by atoms with Gasteiger partial charge in [-0.1, -0.05) is 56.8 Å². The van der Waals surface area contributed by atoms with E-state index in [0.717, 1.165) is 68.0 Å². The Kier molecular flexibility index (Phi) is 12.5. The van der Waals surface area contributed by atoms with Crippen molar-refractivity contribution in [2.24, 2.45) is 0 Å². The lowest BCUT2D eigenvalue weighted by atomic mass is 10.1. The van der Waals surface area contributed by atoms with Crippen LogP contribution in [-0.2, 0) is 6.54 Å². The summed E-state index contributed by atoms with van der Waals surface area (Å²) in [6.07, 6.45) is 12.6. The Labute approximate surface area is 211 Å². The molecule has 0 unspecified atom stereocenters. The number of aryl methyl sites for hydroxylation is 1. The molecule has 5 nitrogen and oxygen atoms in total. The Hall–Kier alpha value is -2.69. The molecule has 1 heterocycles. The lowest BCUT2D eigenvalue weighted by Gasteiger charge is -2.19. The van der Waals surface area contributed by atoms with Gasteiger partial charge in [-0.2, -0.15) is 0 Å². The molecule has 2 aromatic rings. The molecule has 35 heavy (non-hydrogen) atoms. The number of hydrogen-bond donors (Lipinski definition) is 0. The zero-order valence-electron chi connectivity index (χ0n) is 22.7. The van der Waals surface area contributed by atoms with Gasteiger partial charge in [0.25, 0.3) is 5.56 Å². The SMILES string of the molecule is CCCCCCn1c(=O)c(OC/C=C(\C)CCC=C(C)C)c(OCCCC)c2ccc(OC)cc21. The Morgan fingerprint density at radius 2 is 1.71 bits per heavy atom. The summed E-state index contributed by atoms with van der Waals surface area (Å²) < 4.78 is 19.6. The maximum atomic E-state index is 13.7. The molecule has 1 aromatic carbocycles. The largest absolute Gasteiger partial charge is 0.497 e. The molecule has 0 aliphatic heterocycles. The van der Waals surface area contributed by atoms with E-state index >= 15 is 0 Å². The van der Waals surface area contributed by atoms with E-state index in [1.807, 2.05) is 22.8 Å². The van der Waals surface area contributed by atoms with Gasteiger partial charge in [-0.15, -0.1) is 0 Å². The zero-order valence-corrected chi connectivity index (χ0v) is 22.7. The molecule has 0 amide bonds. The van der Waals surface area contributed by atoms with E-state index < -0.39 is 0 Å². The monoisotopic (exact) mass is 483 g/mol. The average Bonchev–Trinajstić information content (AvgIpc) is 2.84. The van der Waals surface area contributed by atoms with Gasteiger partial charge in [-0.3, -0.25) is 4.79 Å². The van der Waals surface area contributed by atoms with Gasteiger partial charge in [-0.25, -0.2) is 0 Å². The van der Waals surface area contributed by atoms with E-state index in [9.17, 15) is 4.79 Å². The van der Waals surface area contributed by atoms with E-state index in [4.69, 9.17) is 14.2 Å². The van der Waals surface area contributed by atoms with Gasteiger partial charge >= 0.3 is 0 Å². The number of pyridine rings is 1. The van der Waals surface area contributed by atoms with Crippen molar-refractivity contribution < 1.29 is 14.2 Å². The highest BCUT2D eigenvalue weighted by atomic mass is 16.5. The summed E-state index contributed by atoms with van der Waals surface area (Å²) in [5.41, 5.74) is 3.28. The van der Waals surface area contributed by atoms with Crippen molar-refractivity contribution in [3.8, 4) is 17.2 Å². The Bertz CT molecular complexity index is 1040. The van der Waals surface area contributed by atoms with Crippen LogP contribution in [0, 0.1) is 0 Å². The summed E-state index contributed by atoms with van der Waals surface area (Å²) in [6, 6.07) is 5.82. The second kappa shape index (κ2) is 15.3. The number of allylic oxidation sites excluding steroid dienone is 3. The van der Waals surface area contributed by atoms with E-state index in [0.29, 0.717) is 31.3 Å². The van der Waals surface area contributed by atoms with Gasteiger partial charge in [0.05, 0.1) is 19.2 Å². The summed E-state index contributed by atoms with van der Waals surface area (Å²) >= 11 is 0. The summed E-state index contributed by atoms with van der Waals surface area (Å²) in [5.74, 6) is 1.58. The van der Waals surface area contributed by atoms with Gasteiger partial charge in [0.1, 0.15) is 12.4 Å². The molecular formula is C30H45NO4. The van der Waals surface area contributed by atoms with Gasteiger partial charge < -0.3 is 18.8 Å². The molecule has 0 spiro atoms. The summed E-state index contributed by atoms with van der Waals surface area (Å²) in [4.78, 5) is 13.7. The Morgan fingerprint density at radius 1 is 0.943 bits per heavy atom. The van der Waals surface area contributed by atoms with Crippen molar-refractivity contribution >= 4 is 10.9 Å². The summed E-state index contributed by atoms with van der Waals surface area (Å²) in [7, 11) is 1.65. The van der Waals surface area contributed by atoms with Crippen LogP contribution in [0.2, 0.25) is 0 Å². The number of fused-ring (bicyclic) bond motifs is 1. The van der Waals surface area contributed by atoms with Crippen molar-refractivity contribution in [1.29, 1.82) is 0 Å². The molecule has 194 valence electrons. The number of hydrogen-bond acceptors (Lipinski definition) is 4. The number of benzene rings is 1. The summed E-state index contributed by atoms with van der Waals surface area (Å²) in [6.45, 7) is 12.2. The predicted molar refractivity (Wildman–Crippen MR) is 147 cm³/mol. The van der Waals surface area contributed by atoms with Crippen LogP contribution in [0.15, 0.2) is 46.3 Å². The highest BCUT2D eigenvalue weighted by molar-refractivity contribution is 5.89. The standard InChI is InChI=1S/C30H45NO4/c1-7-9-11-12-19-31-27-22-25(33-6)16-17-26(27)28(34-20-10-8-2)29(30(31)32)35-21-18-24(5)15-13-14-23(3)4/h14,16-18,22H,7-13,15,19-21H2,1-6H3/b24-18+. The van der Waals surface area contributed by atoms with Gasteiger partial charge in [0, 0.05) is 18.0 Å². The highest BCUT2D eigenvalue weighted by Gasteiger charge is 2.20. The van der Waals surface area contributed by atoms with Crippen LogP contribution in [-0.4, -0.2) is 24.9 Å². The van der Waals surface area contributed by atoms with Crippen molar-refractivity contribution in [3.63, 3.8) is 0 Å². The van der Waals surface area contributed by atoms with E-state index in [2.05, 4.69) is 46.8 Å². The molecule has 0 saturated carbocycles. The average molecular weight is 484 g/mol. The lowest BCUT2D eigenvalue weighted by molar-refractivity contribution is 0.277. The van der Waals surface area contributed by atoms with Crippen molar-refractivity contribution in [2.75, 3.05) is 20.3 Å². The first-order valence-electron chi connectivity index (χ1n) is 13.2. The number of nitrogens with zero attached hydrogens (tertiary/aromatic N) is 1. The maximum absolute atomic E-state index is 13.7. The molecule has 0 bridgehead atoms. The zero-order chi connectivity index (χ0) is 25.6. The summed E-state index contributed by atoms with van der Waals surface area (Å²) in [5, 5.41) is 0.885. The maximum Gasteiger partial charge on any atom is 0.297 e. The number of rotatable bonds is 16. The molecule has 0 fully saturated rings. The lowest BCUT2D eigenvalue weighted by Crippen LogP contribution is -2.24. The van der Waals surface area contributed by atoms with E-state index in [1.165, 1.54) is 11.1 Å². The minimum absolute atomic E-state index is 0.135. The fraction of sp³-hybridized carbons (Fsp3) is 0.567. The van der Waals surface area contributed by atoms with Crippen molar-refractivity contribution in [2.45, 2.75) is 92.5 Å². The van der Waals surface area contributed by atoms with Crippen LogP contribution < -0.4 is 19.8 Å². The minimum atomic E-state index is -0.135. The van der Waals surface area contributed by atoms with Crippen molar-refractivity contribution in [3.05, 3.63) is 51.9 Å². The van der Waals surface area contributed by atoms with E-state index in [1.54, 1.807) is 7.11 Å². The molecule has 0 N–H and O–H groups in total. The predicted octanol–water partition coefficient (Wildman–Crippen LogP) is 7.84. The Morgan fingerprint density at radius 3 is 2.40 bits per heavy atom. The van der Waals surface area contributed by atoms with E-state index in [-0.39, 0.29) is 5.56 Å². The molecule has 0 radical (unpaired) electrons. The number of aromatic nitrogens is 1. The smallest absolute Gasteiger partial charge is 0.297 e. The fourth-order valence-electron chi connectivity index (χ4n) is 3.97. The van der Waals surface area contributed by atoms with Crippen LogP contribution >= 0.6 is 0 Å². The first-order chi connectivity index (χ1) is 16.9. The highest BCUT2D eigenvalue weighted by Crippen LogP contribution is 2.35. The van der Waals surface area contributed by atoms with Crippen LogP contribution in [0.4, 0.5) is 0 Å². The normalized spacial score (nSPS) is 11.5. The molecule has 5 heteroatoms. The van der Waals surface area contributed by atoms with Crippen LogP contribution in [0.25, 0.3) is 10.9 Å². The molecule has 0 aliphatic rings. The number of ether oxygens (including phenoxy) is 3. The number of unbranched alkanes of at least 4 members (excludes halogenated alkanes) is 4. The molecule has 0 atom stereocenters. The topological polar surface area (TPSA) is 49.7 Å². The molecule has 0 aliphatic carbocycles. The Balaban J connectivity index is 2.45. The first-order valence-corrected chi connectivity index (χ1v) is 13.2. The minimum Gasteiger partial charge on any atom is -0.497 e. The quantitative estimate of drug-likeness (QED) is 0.180. The third-order valence-corrected chi connectivity index (χ3v) is 6.12. The number of methoxy groups -OCH3 is 1. The second-order valence-electron chi connectivity index (χ2n) is 9.44. The third kappa shape index (κ3) is 8.79. The van der Waals surface area contributed by atoms with Crippen LogP contribution in [0.1, 0.15) is 86.0 Å². The van der Waals surface area contributed by atoms with Crippen LogP contribution in [0.3, 0.4) is 0 Å². The van der Waals surface area contributed by atoms with Gasteiger partial charge in [0.15, 0.2) is 5.75 Å². The van der Waals surface area contributed by atoms with Gasteiger partial charge in [0.2, 0.25) is 5.75 Å². The fourth-order valence-corrected chi connectivity index (χ4v) is 3.97. The van der Waals surface area contributed by atoms with Crippen LogP contribution in [0.5, 0.6) is 17.2 Å². The molecule has 1 aromatic heterocycles. The molecule has 0 saturated heterocycles. The van der Waals surface area contributed by atoms with Gasteiger partial charge in [-0.05, 0) is 64.7 Å². The first kappa shape index (κ1) is 28.5. The third-order valence-electron chi connectivity index (χ3n) is 6.12. The van der Waals surface area contributed by atoms with Crippen molar-refractivity contribution in [1.82, 2.24) is 4.57 Å². The molecule has 2 rings (SSSR count). The second-order valence-corrected chi connectivity index (χ2v) is 9.44.